The number of aromatic nitrogens is 2. The van der Waals surface area contributed by atoms with Crippen LogP contribution in [0.25, 0.3) is 0 Å². The average molecular weight is 317 g/mol. The van der Waals surface area contributed by atoms with E-state index in [1.165, 1.54) is 56.3 Å². The van der Waals surface area contributed by atoms with Gasteiger partial charge in [-0.2, -0.15) is 5.10 Å². The van der Waals surface area contributed by atoms with Crippen molar-refractivity contribution in [1.82, 2.24) is 15.1 Å². The van der Waals surface area contributed by atoms with Crippen molar-refractivity contribution in [2.75, 3.05) is 13.2 Å². The zero-order chi connectivity index (χ0) is 16.0. The van der Waals surface area contributed by atoms with E-state index >= 15 is 0 Å². The Morgan fingerprint density at radius 2 is 1.74 bits per heavy atom. The molecule has 0 atom stereocenters. The maximum atomic E-state index is 9.14. The van der Waals surface area contributed by atoms with Crippen LogP contribution >= 0.6 is 0 Å². The lowest BCUT2D eigenvalue weighted by atomic mass is 9.49. The Bertz CT molecular complexity index is 542. The van der Waals surface area contributed by atoms with Gasteiger partial charge in [0.2, 0.25) is 0 Å². The molecule has 4 saturated carbocycles. The van der Waals surface area contributed by atoms with Gasteiger partial charge in [-0.3, -0.25) is 4.68 Å². The lowest BCUT2D eigenvalue weighted by Crippen LogP contribution is -2.50. The van der Waals surface area contributed by atoms with Gasteiger partial charge in [-0.25, -0.2) is 0 Å². The molecule has 2 N–H and O–H groups in total. The van der Waals surface area contributed by atoms with Gasteiger partial charge in [0, 0.05) is 24.3 Å². The maximum Gasteiger partial charge on any atom is 0.0644 e. The molecule has 4 fully saturated rings. The predicted octanol–water partition coefficient (Wildman–Crippen LogP) is 2.80. The van der Waals surface area contributed by atoms with Crippen LogP contribution in [0.15, 0.2) is 0 Å². The van der Waals surface area contributed by atoms with Crippen molar-refractivity contribution < 1.29 is 5.11 Å². The number of hydrogen-bond donors (Lipinski definition) is 2. The topological polar surface area (TPSA) is 50.1 Å². The summed E-state index contributed by atoms with van der Waals surface area (Å²) in [6.45, 7) is 7.06. The zero-order valence-electron chi connectivity index (χ0n) is 14.6. The fourth-order valence-corrected chi connectivity index (χ4v) is 6.26. The molecule has 128 valence electrons. The summed E-state index contributed by atoms with van der Waals surface area (Å²) >= 11 is 0. The molecule has 0 saturated heterocycles. The van der Waals surface area contributed by atoms with Crippen LogP contribution in [0.1, 0.15) is 55.5 Å². The van der Waals surface area contributed by atoms with E-state index in [0.717, 1.165) is 30.0 Å². The van der Waals surface area contributed by atoms with E-state index in [1.807, 2.05) is 4.68 Å². The first-order valence-electron chi connectivity index (χ1n) is 9.43. The lowest BCUT2D eigenvalue weighted by Gasteiger charge is -2.57. The molecule has 0 unspecified atom stereocenters. The first-order chi connectivity index (χ1) is 11.1. The fourth-order valence-electron chi connectivity index (χ4n) is 6.26. The molecule has 1 aromatic heterocycles. The first kappa shape index (κ1) is 15.6. The molecular formula is C19H31N3O. The third-order valence-electron chi connectivity index (χ3n) is 6.81. The number of aryl methyl sites for hydroxylation is 1. The van der Waals surface area contributed by atoms with E-state index < -0.39 is 0 Å². The molecule has 4 aliphatic carbocycles. The second-order valence-electron chi connectivity index (χ2n) is 8.62. The van der Waals surface area contributed by atoms with E-state index in [4.69, 9.17) is 5.11 Å². The molecule has 1 heterocycles. The van der Waals surface area contributed by atoms with Crippen LogP contribution in [0.4, 0.5) is 0 Å². The van der Waals surface area contributed by atoms with Gasteiger partial charge in [0.15, 0.2) is 0 Å². The monoisotopic (exact) mass is 317 g/mol. The van der Waals surface area contributed by atoms with Gasteiger partial charge in [0.05, 0.1) is 18.8 Å². The number of nitrogens with one attached hydrogen (secondary N) is 1. The average Bonchev–Trinajstić information content (AvgIpc) is 2.73. The van der Waals surface area contributed by atoms with Crippen LogP contribution in [0.5, 0.6) is 0 Å². The molecule has 0 aromatic carbocycles. The van der Waals surface area contributed by atoms with Crippen LogP contribution < -0.4 is 5.32 Å². The summed E-state index contributed by atoms with van der Waals surface area (Å²) in [7, 11) is 0. The lowest BCUT2D eigenvalue weighted by molar-refractivity contribution is -0.0514. The van der Waals surface area contributed by atoms with Gasteiger partial charge < -0.3 is 10.4 Å². The summed E-state index contributed by atoms with van der Waals surface area (Å²) in [6.07, 6.45) is 8.96. The summed E-state index contributed by atoms with van der Waals surface area (Å²) in [6, 6.07) is 0. The number of nitrogens with zero attached hydrogens (tertiary/aromatic N) is 2. The van der Waals surface area contributed by atoms with Crippen LogP contribution in [-0.4, -0.2) is 28.0 Å². The second-order valence-corrected chi connectivity index (χ2v) is 8.62. The predicted molar refractivity (Wildman–Crippen MR) is 91.1 cm³/mol. The Labute approximate surface area is 139 Å². The zero-order valence-corrected chi connectivity index (χ0v) is 14.6. The molecule has 4 aliphatic rings. The molecule has 4 heteroatoms. The van der Waals surface area contributed by atoms with Crippen LogP contribution in [0.2, 0.25) is 0 Å². The Morgan fingerprint density at radius 3 is 2.30 bits per heavy atom. The molecule has 4 bridgehead atoms. The SMILES string of the molecule is Cc1nn(CCO)c(C)c1CNCC12CC3CC(CC(C3)C1)C2. The smallest absolute Gasteiger partial charge is 0.0644 e. The third-order valence-corrected chi connectivity index (χ3v) is 6.81. The van der Waals surface area contributed by atoms with Gasteiger partial charge in [-0.05, 0) is 75.5 Å². The molecule has 0 aliphatic heterocycles. The van der Waals surface area contributed by atoms with Crippen molar-refractivity contribution in [3.05, 3.63) is 17.0 Å². The quantitative estimate of drug-likeness (QED) is 0.848. The second kappa shape index (κ2) is 5.89. The largest absolute Gasteiger partial charge is 0.394 e. The van der Waals surface area contributed by atoms with Gasteiger partial charge in [-0.1, -0.05) is 0 Å². The van der Waals surface area contributed by atoms with Crippen molar-refractivity contribution in [2.24, 2.45) is 23.2 Å². The Kier molecular flexibility index (Phi) is 4.01. The van der Waals surface area contributed by atoms with E-state index in [1.54, 1.807) is 0 Å². The fraction of sp³-hybridized carbons (Fsp3) is 0.842. The number of aliphatic hydroxyl groups excluding tert-OH is 1. The summed E-state index contributed by atoms with van der Waals surface area (Å²) in [5, 5.41) is 17.5. The molecule has 1 aromatic rings. The standard InChI is InChI=1S/C19H31N3O/c1-13-18(14(2)22(21-13)3-4-23)11-20-12-19-8-15-5-16(9-19)7-17(6-15)10-19/h15-17,20,23H,3-12H2,1-2H3. The summed E-state index contributed by atoms with van der Waals surface area (Å²) in [4.78, 5) is 0. The van der Waals surface area contributed by atoms with Gasteiger partial charge in [0.25, 0.3) is 0 Å². The summed E-state index contributed by atoms with van der Waals surface area (Å²) in [5.74, 6) is 3.08. The third kappa shape index (κ3) is 2.85. The van der Waals surface area contributed by atoms with Crippen LogP contribution in [0.3, 0.4) is 0 Å². The number of aliphatic hydroxyl groups is 1. The highest BCUT2D eigenvalue weighted by atomic mass is 16.3. The molecule has 0 spiro atoms. The van der Waals surface area contributed by atoms with E-state index in [9.17, 15) is 0 Å². The highest BCUT2D eigenvalue weighted by Gasteiger charge is 2.50. The minimum Gasteiger partial charge on any atom is -0.394 e. The molecule has 0 amide bonds. The van der Waals surface area contributed by atoms with Crippen LogP contribution in [-0.2, 0) is 13.1 Å². The van der Waals surface area contributed by atoms with Gasteiger partial charge in [0.1, 0.15) is 0 Å². The van der Waals surface area contributed by atoms with Crippen molar-refractivity contribution >= 4 is 0 Å². The van der Waals surface area contributed by atoms with Crippen molar-refractivity contribution in [1.29, 1.82) is 0 Å². The number of rotatable bonds is 6. The van der Waals surface area contributed by atoms with Crippen LogP contribution in [0, 0.1) is 37.0 Å². The minimum atomic E-state index is 0.155. The Balaban J connectivity index is 1.39. The van der Waals surface area contributed by atoms with Gasteiger partial charge >= 0.3 is 0 Å². The molecule has 0 radical (unpaired) electrons. The van der Waals surface area contributed by atoms with E-state index in [0.29, 0.717) is 12.0 Å². The Morgan fingerprint density at radius 1 is 1.13 bits per heavy atom. The first-order valence-corrected chi connectivity index (χ1v) is 9.43. The normalized spacial score (nSPS) is 35.2. The molecule has 4 nitrogen and oxygen atoms in total. The highest BCUT2D eigenvalue weighted by molar-refractivity contribution is 5.24. The molecule has 5 rings (SSSR count). The summed E-state index contributed by atoms with van der Waals surface area (Å²) < 4.78 is 1.94. The van der Waals surface area contributed by atoms with Crippen molar-refractivity contribution in [2.45, 2.75) is 65.5 Å². The number of hydrogen-bond acceptors (Lipinski definition) is 3. The van der Waals surface area contributed by atoms with Crippen molar-refractivity contribution in [3.8, 4) is 0 Å². The van der Waals surface area contributed by atoms with E-state index in [2.05, 4.69) is 24.3 Å². The summed E-state index contributed by atoms with van der Waals surface area (Å²) in [5.41, 5.74) is 4.23. The van der Waals surface area contributed by atoms with E-state index in [-0.39, 0.29) is 6.61 Å². The molecule has 23 heavy (non-hydrogen) atoms. The molecular weight excluding hydrogens is 286 g/mol. The maximum absolute atomic E-state index is 9.14. The minimum absolute atomic E-state index is 0.155. The van der Waals surface area contributed by atoms with Gasteiger partial charge in [-0.15, -0.1) is 0 Å². The van der Waals surface area contributed by atoms with Crippen molar-refractivity contribution in [3.63, 3.8) is 0 Å². The Hall–Kier alpha value is -0.870. The highest BCUT2D eigenvalue weighted by Crippen LogP contribution is 2.59.